The third kappa shape index (κ3) is 3.01. The minimum atomic E-state index is 0.132. The molecular weight excluding hydrogens is 356 g/mol. The Morgan fingerprint density at radius 2 is 1.88 bits per heavy atom. The predicted molar refractivity (Wildman–Crippen MR) is 101 cm³/mol. The van der Waals surface area contributed by atoms with Crippen molar-refractivity contribution in [3.05, 3.63) is 59.2 Å². The first kappa shape index (κ1) is 15.9. The van der Waals surface area contributed by atoms with Gasteiger partial charge in [0.25, 0.3) is 0 Å². The molecule has 1 heterocycles. The topological polar surface area (TPSA) is 42.9 Å². The molecule has 6 heteroatoms. The van der Waals surface area contributed by atoms with Crippen molar-refractivity contribution >= 4 is 40.6 Å². The summed E-state index contributed by atoms with van der Waals surface area (Å²) in [6, 6.07) is 14.5. The van der Waals surface area contributed by atoms with Gasteiger partial charge in [-0.25, -0.2) is 0 Å². The fourth-order valence-electron chi connectivity index (χ4n) is 2.85. The van der Waals surface area contributed by atoms with E-state index >= 15 is 0 Å². The fraction of sp³-hybridized carbons (Fsp3) is 0.167. The maximum Gasteiger partial charge on any atom is 0.175 e. The van der Waals surface area contributed by atoms with Crippen LogP contribution in [-0.4, -0.2) is 28.0 Å². The quantitative estimate of drug-likeness (QED) is 0.373. The standard InChI is InChI=1S/C18H14N2OS3/c1-22-17-19-20-18(24-17)23-10-16(21)13-7-6-12-8-11-4-2-3-5-14(11)15(12)9-13/h2-7,9H,8,10H2,1H3. The Bertz CT molecular complexity index is 920. The first-order chi connectivity index (χ1) is 11.7. The van der Waals surface area contributed by atoms with Crippen LogP contribution in [0.15, 0.2) is 51.1 Å². The van der Waals surface area contributed by atoms with E-state index in [4.69, 9.17) is 0 Å². The van der Waals surface area contributed by atoms with E-state index in [-0.39, 0.29) is 5.78 Å². The minimum absolute atomic E-state index is 0.132. The van der Waals surface area contributed by atoms with Crippen LogP contribution in [0.4, 0.5) is 0 Å². The number of hydrogen-bond donors (Lipinski definition) is 0. The van der Waals surface area contributed by atoms with Gasteiger partial charge in [0, 0.05) is 5.56 Å². The molecule has 3 aromatic rings. The zero-order valence-electron chi connectivity index (χ0n) is 13.0. The molecule has 1 aliphatic rings. The first-order valence-electron chi connectivity index (χ1n) is 7.49. The Balaban J connectivity index is 1.52. The molecule has 0 saturated carbocycles. The molecular formula is C18H14N2OS3. The van der Waals surface area contributed by atoms with Crippen molar-refractivity contribution in [1.82, 2.24) is 10.2 Å². The molecule has 2 aromatic carbocycles. The molecule has 4 rings (SSSR count). The Hall–Kier alpha value is -1.63. The minimum Gasteiger partial charge on any atom is -0.293 e. The Morgan fingerprint density at radius 3 is 2.71 bits per heavy atom. The number of carbonyl (C=O) groups is 1. The van der Waals surface area contributed by atoms with Gasteiger partial charge in [0.15, 0.2) is 14.5 Å². The van der Waals surface area contributed by atoms with E-state index in [1.165, 1.54) is 45.4 Å². The van der Waals surface area contributed by atoms with Gasteiger partial charge >= 0.3 is 0 Å². The highest BCUT2D eigenvalue weighted by Gasteiger charge is 2.19. The fourth-order valence-corrected chi connectivity index (χ4v) is 5.18. The van der Waals surface area contributed by atoms with Crippen molar-refractivity contribution in [2.75, 3.05) is 12.0 Å². The Labute approximate surface area is 152 Å². The van der Waals surface area contributed by atoms with Crippen molar-refractivity contribution in [3.63, 3.8) is 0 Å². The zero-order valence-corrected chi connectivity index (χ0v) is 15.4. The Morgan fingerprint density at radius 1 is 1.08 bits per heavy atom. The molecule has 0 radical (unpaired) electrons. The lowest BCUT2D eigenvalue weighted by Gasteiger charge is -2.04. The summed E-state index contributed by atoms with van der Waals surface area (Å²) < 4.78 is 1.78. The molecule has 0 fully saturated rings. The van der Waals surface area contributed by atoms with Gasteiger partial charge in [0.2, 0.25) is 0 Å². The van der Waals surface area contributed by atoms with Crippen molar-refractivity contribution < 1.29 is 4.79 Å². The van der Waals surface area contributed by atoms with Gasteiger partial charge in [-0.05, 0) is 41.0 Å². The van der Waals surface area contributed by atoms with Gasteiger partial charge in [-0.15, -0.1) is 10.2 Å². The molecule has 3 nitrogen and oxygen atoms in total. The molecule has 0 spiro atoms. The third-order valence-corrected chi connectivity index (χ3v) is 7.04. The number of ketones is 1. The summed E-state index contributed by atoms with van der Waals surface area (Å²) in [5.41, 5.74) is 5.86. The molecule has 0 unspecified atom stereocenters. The largest absolute Gasteiger partial charge is 0.293 e. The summed E-state index contributed by atoms with van der Waals surface area (Å²) in [7, 11) is 0. The normalized spacial score (nSPS) is 12.0. The van der Waals surface area contributed by atoms with E-state index in [0.717, 1.165) is 20.7 Å². The van der Waals surface area contributed by atoms with Crippen LogP contribution in [0.1, 0.15) is 21.5 Å². The number of fused-ring (bicyclic) bond motifs is 3. The third-order valence-electron chi connectivity index (χ3n) is 4.01. The summed E-state index contributed by atoms with van der Waals surface area (Å²) >= 11 is 4.57. The molecule has 120 valence electrons. The SMILES string of the molecule is CSc1nnc(SCC(=O)c2ccc3c(c2)-c2ccccc2C3)s1. The van der Waals surface area contributed by atoms with Crippen LogP contribution >= 0.6 is 34.9 Å². The van der Waals surface area contributed by atoms with Gasteiger partial charge < -0.3 is 0 Å². The predicted octanol–water partition coefficient (Wildman–Crippen LogP) is 4.81. The Kier molecular flexibility index (Phi) is 4.43. The number of thioether (sulfide) groups is 2. The molecule has 0 saturated heterocycles. The molecule has 0 bridgehead atoms. The van der Waals surface area contributed by atoms with E-state index in [1.807, 2.05) is 18.4 Å². The number of nitrogens with zero attached hydrogens (tertiary/aromatic N) is 2. The average Bonchev–Trinajstić information content (AvgIpc) is 3.23. The average molecular weight is 371 g/mol. The molecule has 0 atom stereocenters. The van der Waals surface area contributed by atoms with E-state index in [0.29, 0.717) is 5.75 Å². The number of rotatable bonds is 5. The maximum atomic E-state index is 12.5. The van der Waals surface area contributed by atoms with Crippen LogP contribution in [0.2, 0.25) is 0 Å². The zero-order chi connectivity index (χ0) is 16.5. The summed E-state index contributed by atoms with van der Waals surface area (Å²) in [6.07, 6.45) is 2.93. The number of carbonyl (C=O) groups excluding carboxylic acids is 1. The van der Waals surface area contributed by atoms with Crippen LogP contribution in [-0.2, 0) is 6.42 Å². The van der Waals surface area contributed by atoms with Crippen molar-refractivity contribution in [1.29, 1.82) is 0 Å². The van der Waals surface area contributed by atoms with Crippen LogP contribution < -0.4 is 0 Å². The molecule has 0 aliphatic heterocycles. The molecule has 1 aromatic heterocycles. The summed E-state index contributed by atoms with van der Waals surface area (Å²) in [4.78, 5) is 12.5. The lowest BCUT2D eigenvalue weighted by atomic mass is 10.0. The van der Waals surface area contributed by atoms with Crippen LogP contribution in [0.5, 0.6) is 0 Å². The van der Waals surface area contributed by atoms with E-state index in [2.05, 4.69) is 40.5 Å². The van der Waals surface area contributed by atoms with Crippen LogP contribution in [0, 0.1) is 0 Å². The summed E-state index contributed by atoms with van der Waals surface area (Å²) in [5.74, 6) is 0.525. The molecule has 24 heavy (non-hydrogen) atoms. The van der Waals surface area contributed by atoms with Gasteiger partial charge in [0.1, 0.15) is 0 Å². The van der Waals surface area contributed by atoms with E-state index in [1.54, 1.807) is 11.8 Å². The van der Waals surface area contributed by atoms with Crippen LogP contribution in [0.3, 0.4) is 0 Å². The highest BCUT2D eigenvalue weighted by molar-refractivity contribution is 8.03. The number of aromatic nitrogens is 2. The van der Waals surface area contributed by atoms with Crippen LogP contribution in [0.25, 0.3) is 11.1 Å². The van der Waals surface area contributed by atoms with Crippen molar-refractivity contribution in [2.45, 2.75) is 15.1 Å². The lowest BCUT2D eigenvalue weighted by molar-refractivity contribution is 0.102. The maximum absolute atomic E-state index is 12.5. The highest BCUT2D eigenvalue weighted by Crippen LogP contribution is 2.37. The monoisotopic (exact) mass is 370 g/mol. The highest BCUT2D eigenvalue weighted by atomic mass is 32.2. The second kappa shape index (κ2) is 6.70. The summed E-state index contributed by atoms with van der Waals surface area (Å²) in [6.45, 7) is 0. The second-order valence-corrected chi connectivity index (χ2v) is 8.71. The smallest absolute Gasteiger partial charge is 0.175 e. The molecule has 0 N–H and O–H groups in total. The van der Waals surface area contributed by atoms with Gasteiger partial charge in [-0.2, -0.15) is 0 Å². The number of hydrogen-bond acceptors (Lipinski definition) is 6. The van der Waals surface area contributed by atoms with E-state index < -0.39 is 0 Å². The van der Waals surface area contributed by atoms with Crippen molar-refractivity contribution in [2.24, 2.45) is 0 Å². The number of Topliss-reactive ketones (excluding diaryl/α,β-unsaturated/α-hetero) is 1. The van der Waals surface area contributed by atoms with Crippen molar-refractivity contribution in [3.8, 4) is 11.1 Å². The van der Waals surface area contributed by atoms with Gasteiger partial charge in [-0.3, -0.25) is 4.79 Å². The summed E-state index contributed by atoms with van der Waals surface area (Å²) in [5, 5.41) is 8.16. The molecule has 0 amide bonds. The van der Waals surface area contributed by atoms with Gasteiger partial charge in [0.05, 0.1) is 5.75 Å². The second-order valence-electron chi connectivity index (χ2n) is 5.46. The molecule has 1 aliphatic carbocycles. The van der Waals surface area contributed by atoms with Gasteiger partial charge in [-0.1, -0.05) is 71.3 Å². The number of benzene rings is 2. The lowest BCUT2D eigenvalue weighted by Crippen LogP contribution is -2.02. The first-order valence-corrected chi connectivity index (χ1v) is 10.5. The van der Waals surface area contributed by atoms with E-state index in [9.17, 15) is 4.79 Å².